The maximum absolute atomic E-state index is 12.9. The van der Waals surface area contributed by atoms with Crippen LogP contribution in [0.25, 0.3) is 5.65 Å². The largest absolute Gasteiger partial charge is 0.463 e. The van der Waals surface area contributed by atoms with Crippen LogP contribution in [0, 0.1) is 10.1 Å². The van der Waals surface area contributed by atoms with Gasteiger partial charge in [0.15, 0.2) is 0 Å². The first-order valence-corrected chi connectivity index (χ1v) is 9.48. The van der Waals surface area contributed by atoms with Crippen LogP contribution in [0.15, 0.2) is 59.7 Å². The average Bonchev–Trinajstić information content (AvgIpc) is 2.73. The number of rotatable bonds is 7. The van der Waals surface area contributed by atoms with E-state index in [9.17, 15) is 24.5 Å². The topological polar surface area (TPSA) is 133 Å². The van der Waals surface area contributed by atoms with E-state index in [4.69, 9.17) is 4.74 Å². The van der Waals surface area contributed by atoms with Gasteiger partial charge in [-0.1, -0.05) is 24.3 Å². The van der Waals surface area contributed by atoms with E-state index in [-0.39, 0.29) is 23.2 Å². The van der Waals surface area contributed by atoms with Gasteiger partial charge >= 0.3 is 5.97 Å². The Bertz CT molecular complexity index is 1200. The first-order valence-electron chi connectivity index (χ1n) is 9.48. The molecule has 0 radical (unpaired) electrons. The van der Waals surface area contributed by atoms with Crippen LogP contribution < -0.4 is 10.9 Å². The summed E-state index contributed by atoms with van der Waals surface area (Å²) < 4.78 is 6.34. The third kappa shape index (κ3) is 4.92. The molecule has 3 rings (SSSR count). The van der Waals surface area contributed by atoms with E-state index in [0.717, 1.165) is 6.20 Å². The summed E-state index contributed by atoms with van der Waals surface area (Å²) in [5, 5.41) is 14.0. The standard InChI is InChI=1S/C21H20N4O6/c1-13(2)31-19(26)11-16(14-7-3-4-8-17(14)25(29)30)23-20(27)15-12-22-18-9-5-6-10-24(18)21(15)28/h3-10,12-13,16H,11H2,1-2H3,(H,23,27)/t16-/m1/s1. The molecule has 0 saturated heterocycles. The summed E-state index contributed by atoms with van der Waals surface area (Å²) in [6.45, 7) is 3.33. The summed E-state index contributed by atoms with van der Waals surface area (Å²) in [6, 6.07) is 9.60. The molecule has 0 unspecified atom stereocenters. The van der Waals surface area contributed by atoms with Crippen molar-refractivity contribution in [2.45, 2.75) is 32.4 Å². The van der Waals surface area contributed by atoms with Gasteiger partial charge in [-0.05, 0) is 26.0 Å². The van der Waals surface area contributed by atoms with Gasteiger partial charge < -0.3 is 10.1 Å². The molecule has 2 heterocycles. The van der Waals surface area contributed by atoms with Crippen LogP contribution in [0.3, 0.4) is 0 Å². The van der Waals surface area contributed by atoms with Gasteiger partial charge in [0.1, 0.15) is 11.2 Å². The minimum absolute atomic E-state index is 0.121. The van der Waals surface area contributed by atoms with Gasteiger partial charge in [0, 0.05) is 18.5 Å². The Morgan fingerprint density at radius 2 is 1.90 bits per heavy atom. The van der Waals surface area contributed by atoms with E-state index in [1.54, 1.807) is 38.1 Å². The Hall–Kier alpha value is -4.08. The Kier molecular flexibility index (Phi) is 6.39. The number of esters is 1. The number of nitrogens with one attached hydrogen (secondary N) is 1. The number of amides is 1. The maximum Gasteiger partial charge on any atom is 0.308 e. The Morgan fingerprint density at radius 1 is 1.19 bits per heavy atom. The lowest BCUT2D eigenvalue weighted by Crippen LogP contribution is -2.35. The number of benzene rings is 1. The van der Waals surface area contributed by atoms with Crippen molar-refractivity contribution < 1.29 is 19.2 Å². The number of pyridine rings is 1. The lowest BCUT2D eigenvalue weighted by Gasteiger charge is -2.19. The molecule has 0 aliphatic rings. The number of nitro groups is 1. The van der Waals surface area contributed by atoms with Crippen LogP contribution in [0.2, 0.25) is 0 Å². The average molecular weight is 424 g/mol. The monoisotopic (exact) mass is 424 g/mol. The highest BCUT2D eigenvalue weighted by molar-refractivity contribution is 5.94. The second-order valence-electron chi connectivity index (χ2n) is 6.99. The van der Waals surface area contributed by atoms with Crippen LogP contribution in [-0.2, 0) is 9.53 Å². The number of fused-ring (bicyclic) bond motifs is 1. The van der Waals surface area contributed by atoms with Gasteiger partial charge in [0.05, 0.1) is 29.1 Å². The molecule has 1 N–H and O–H groups in total. The smallest absolute Gasteiger partial charge is 0.308 e. The number of carbonyl (C=O) groups excluding carboxylic acids is 2. The number of carbonyl (C=O) groups is 2. The molecule has 2 aromatic heterocycles. The van der Waals surface area contributed by atoms with Crippen molar-refractivity contribution in [1.82, 2.24) is 14.7 Å². The number of nitrogens with zero attached hydrogens (tertiary/aromatic N) is 3. The summed E-state index contributed by atoms with van der Waals surface area (Å²) in [5.41, 5.74) is -0.646. The molecule has 1 atom stereocenters. The van der Waals surface area contributed by atoms with Gasteiger partial charge in [-0.2, -0.15) is 0 Å². The summed E-state index contributed by atoms with van der Waals surface area (Å²) in [7, 11) is 0. The molecule has 0 aliphatic carbocycles. The van der Waals surface area contributed by atoms with Gasteiger partial charge in [-0.15, -0.1) is 0 Å². The molecule has 10 heteroatoms. The molecule has 0 aliphatic heterocycles. The number of para-hydroxylation sites is 1. The first-order chi connectivity index (χ1) is 14.8. The highest BCUT2D eigenvalue weighted by atomic mass is 16.6. The first kappa shape index (κ1) is 21.6. The fraction of sp³-hybridized carbons (Fsp3) is 0.238. The van der Waals surface area contributed by atoms with E-state index < -0.39 is 34.5 Å². The summed E-state index contributed by atoms with van der Waals surface area (Å²) >= 11 is 0. The van der Waals surface area contributed by atoms with Crippen molar-refractivity contribution in [1.29, 1.82) is 0 Å². The predicted molar refractivity (Wildman–Crippen MR) is 111 cm³/mol. The third-order valence-corrected chi connectivity index (χ3v) is 4.41. The molecule has 0 saturated carbocycles. The number of nitro benzene ring substituents is 1. The molecule has 1 amide bonds. The highest BCUT2D eigenvalue weighted by Crippen LogP contribution is 2.27. The molecule has 3 aromatic rings. The predicted octanol–water partition coefficient (Wildman–Crippen LogP) is 2.42. The zero-order chi connectivity index (χ0) is 22.5. The SMILES string of the molecule is CC(C)OC(=O)C[C@@H](NC(=O)c1cnc2ccccn2c1=O)c1ccccc1[N+](=O)[O-]. The van der Waals surface area contributed by atoms with Crippen LogP contribution >= 0.6 is 0 Å². The molecule has 31 heavy (non-hydrogen) atoms. The second kappa shape index (κ2) is 9.16. The molecule has 10 nitrogen and oxygen atoms in total. The molecular weight excluding hydrogens is 404 g/mol. The molecule has 0 fully saturated rings. The number of hydrogen-bond donors (Lipinski definition) is 1. The van der Waals surface area contributed by atoms with Crippen molar-refractivity contribution >= 4 is 23.2 Å². The molecule has 160 valence electrons. The Labute approximate surface area is 176 Å². The van der Waals surface area contributed by atoms with E-state index in [1.807, 2.05) is 0 Å². The zero-order valence-corrected chi connectivity index (χ0v) is 16.8. The minimum Gasteiger partial charge on any atom is -0.463 e. The summed E-state index contributed by atoms with van der Waals surface area (Å²) in [4.78, 5) is 52.8. The van der Waals surface area contributed by atoms with E-state index in [1.165, 1.54) is 28.8 Å². The van der Waals surface area contributed by atoms with Crippen molar-refractivity contribution in [3.05, 3.63) is 86.5 Å². The Morgan fingerprint density at radius 3 is 2.61 bits per heavy atom. The molecular formula is C21H20N4O6. The highest BCUT2D eigenvalue weighted by Gasteiger charge is 2.28. The van der Waals surface area contributed by atoms with Gasteiger partial charge in [0.25, 0.3) is 17.2 Å². The lowest BCUT2D eigenvalue weighted by atomic mass is 10.0. The van der Waals surface area contributed by atoms with Gasteiger partial charge in [-0.3, -0.25) is 28.9 Å². The normalized spacial score (nSPS) is 11.8. The lowest BCUT2D eigenvalue weighted by molar-refractivity contribution is -0.385. The number of hydrogen-bond acceptors (Lipinski definition) is 7. The Balaban J connectivity index is 1.98. The van der Waals surface area contributed by atoms with E-state index in [0.29, 0.717) is 5.65 Å². The zero-order valence-electron chi connectivity index (χ0n) is 16.8. The molecule has 0 bridgehead atoms. The number of ether oxygens (including phenoxy) is 1. The van der Waals surface area contributed by atoms with Crippen molar-refractivity contribution in [2.75, 3.05) is 0 Å². The summed E-state index contributed by atoms with van der Waals surface area (Å²) in [5.74, 6) is -1.46. The van der Waals surface area contributed by atoms with Crippen molar-refractivity contribution in [3.63, 3.8) is 0 Å². The fourth-order valence-electron chi connectivity index (χ4n) is 3.08. The van der Waals surface area contributed by atoms with Gasteiger partial charge in [-0.25, -0.2) is 4.98 Å². The van der Waals surface area contributed by atoms with Crippen molar-refractivity contribution in [2.24, 2.45) is 0 Å². The van der Waals surface area contributed by atoms with Gasteiger partial charge in [0.2, 0.25) is 0 Å². The number of aromatic nitrogens is 2. The summed E-state index contributed by atoms with van der Waals surface area (Å²) in [6.07, 6.45) is 1.86. The van der Waals surface area contributed by atoms with Crippen LogP contribution in [-0.4, -0.2) is 32.3 Å². The van der Waals surface area contributed by atoms with Crippen molar-refractivity contribution in [3.8, 4) is 0 Å². The minimum atomic E-state index is -1.09. The maximum atomic E-state index is 12.9. The van der Waals surface area contributed by atoms with Crippen LogP contribution in [0.5, 0.6) is 0 Å². The molecule has 1 aromatic carbocycles. The third-order valence-electron chi connectivity index (χ3n) is 4.41. The van der Waals surface area contributed by atoms with Crippen LogP contribution in [0.1, 0.15) is 42.2 Å². The quantitative estimate of drug-likeness (QED) is 0.350. The van der Waals surface area contributed by atoms with E-state index in [2.05, 4.69) is 10.3 Å². The van der Waals surface area contributed by atoms with E-state index >= 15 is 0 Å². The fourth-order valence-corrected chi connectivity index (χ4v) is 3.08. The second-order valence-corrected chi connectivity index (χ2v) is 6.99. The molecule has 0 spiro atoms. The van der Waals surface area contributed by atoms with Crippen LogP contribution in [0.4, 0.5) is 5.69 Å².